The van der Waals surface area contributed by atoms with Crippen molar-refractivity contribution < 1.29 is 24.2 Å². The van der Waals surface area contributed by atoms with Crippen LogP contribution in [0.3, 0.4) is 0 Å². The van der Waals surface area contributed by atoms with Crippen molar-refractivity contribution >= 4 is 18.0 Å². The minimum Gasteiger partial charge on any atom is -0.508 e. The molecule has 16 rings (SSSR count). The predicted molar refractivity (Wildman–Crippen MR) is 272 cm³/mol. The number of carbonyl (C=O) groups is 2. The van der Waals surface area contributed by atoms with Crippen molar-refractivity contribution in [2.75, 3.05) is 19.6 Å². The molecule has 0 aromatic heterocycles. The number of aliphatic hydroxyl groups is 1. The Kier molecular flexibility index (Phi) is 9.16. The van der Waals surface area contributed by atoms with Gasteiger partial charge in [-0.15, -0.1) is 0 Å². The van der Waals surface area contributed by atoms with Crippen LogP contribution in [0, 0.1) is 64.1 Å². The van der Waals surface area contributed by atoms with E-state index in [1.807, 2.05) is 0 Å². The molecular weight excluding hydrogens is 879 g/mol. The number of hydrogen-bond acceptors (Lipinski definition) is 8. The Balaban J connectivity index is 1.01. The van der Waals surface area contributed by atoms with E-state index >= 15 is 9.59 Å². The van der Waals surface area contributed by atoms with Gasteiger partial charge in [0.15, 0.2) is 11.4 Å². The molecule has 14 unspecified atom stereocenters. The van der Waals surface area contributed by atoms with Gasteiger partial charge in [-0.1, -0.05) is 110 Å². The molecule has 8 heteroatoms. The molecular formula is C63H73N3O5. The number of aryl methyl sites for hydroxylation is 2. The number of rotatable bonds is 5. The van der Waals surface area contributed by atoms with Gasteiger partial charge in [-0.05, 0) is 166 Å². The van der Waals surface area contributed by atoms with Crippen molar-refractivity contribution in [3.05, 3.63) is 121 Å². The van der Waals surface area contributed by atoms with E-state index in [4.69, 9.17) is 15.2 Å². The summed E-state index contributed by atoms with van der Waals surface area (Å²) in [6.45, 7) is 5.31. The maximum absolute atomic E-state index is 16.6. The van der Waals surface area contributed by atoms with E-state index in [1.165, 1.54) is 84.8 Å². The number of carbonyl (C=O) groups excluding carboxylic acids is 2. The fourth-order valence-electron chi connectivity index (χ4n) is 20.9. The molecule has 71 heavy (non-hydrogen) atoms. The second-order valence-corrected chi connectivity index (χ2v) is 25.9. The van der Waals surface area contributed by atoms with Crippen molar-refractivity contribution in [1.29, 1.82) is 0 Å². The predicted octanol–water partition coefficient (Wildman–Crippen LogP) is 11.2. The highest BCUT2D eigenvalue weighted by Gasteiger charge is 2.93. The van der Waals surface area contributed by atoms with Crippen molar-refractivity contribution in [3.63, 3.8) is 0 Å². The summed E-state index contributed by atoms with van der Waals surface area (Å²) in [4.78, 5) is 38.0. The van der Waals surface area contributed by atoms with Gasteiger partial charge in [-0.3, -0.25) is 9.69 Å². The molecule has 2 saturated carbocycles. The van der Waals surface area contributed by atoms with Crippen LogP contribution in [0.25, 0.3) is 6.08 Å². The minimum atomic E-state index is -1.20. The lowest BCUT2D eigenvalue weighted by Gasteiger charge is -2.71. The number of hydrogen-bond donors (Lipinski definition) is 2. The average molecular weight is 952 g/mol. The summed E-state index contributed by atoms with van der Waals surface area (Å²) in [6, 6.07) is 14.6. The first kappa shape index (κ1) is 43.0. The molecule has 7 aliphatic carbocycles. The second kappa shape index (κ2) is 15.1. The molecule has 14 aliphatic rings. The maximum Gasteiger partial charge on any atom is 0.339 e. The molecule has 2 aromatic carbocycles. The van der Waals surface area contributed by atoms with Gasteiger partial charge in [0.2, 0.25) is 0 Å². The van der Waals surface area contributed by atoms with Crippen molar-refractivity contribution in [1.82, 2.24) is 9.80 Å². The Morgan fingerprint density at radius 2 is 1.76 bits per heavy atom. The van der Waals surface area contributed by atoms with Gasteiger partial charge in [0, 0.05) is 60.2 Å². The minimum absolute atomic E-state index is 0.143. The number of benzene rings is 2. The first-order valence-electron chi connectivity index (χ1n) is 28.9. The highest BCUT2D eigenvalue weighted by Crippen LogP contribution is 2.87. The van der Waals surface area contributed by atoms with Crippen LogP contribution in [0.2, 0.25) is 0 Å². The van der Waals surface area contributed by atoms with E-state index in [0.717, 1.165) is 82.0 Å². The van der Waals surface area contributed by atoms with Crippen LogP contribution in [0.5, 0.6) is 0 Å². The molecule has 3 N–H and O–H groups in total. The number of nitrogens with two attached hydrogens (primary N) is 1. The zero-order valence-electron chi connectivity index (χ0n) is 41.9. The molecule has 2 aromatic rings. The van der Waals surface area contributed by atoms with Gasteiger partial charge in [-0.25, -0.2) is 4.79 Å². The first-order valence-corrected chi connectivity index (χ1v) is 28.9. The zero-order chi connectivity index (χ0) is 47.3. The summed E-state index contributed by atoms with van der Waals surface area (Å²) in [5.74, 6) is 2.66. The Morgan fingerprint density at radius 1 is 0.901 bits per heavy atom. The quantitative estimate of drug-likeness (QED) is 0.286. The molecule has 4 saturated heterocycles. The lowest BCUT2D eigenvalue weighted by molar-refractivity contribution is -0.277. The largest absolute Gasteiger partial charge is 0.508 e. The summed E-state index contributed by atoms with van der Waals surface area (Å²) < 4.78 is 14.7. The molecule has 7 aliphatic heterocycles. The van der Waals surface area contributed by atoms with Crippen LogP contribution in [0.1, 0.15) is 154 Å². The third kappa shape index (κ3) is 5.26. The number of nitrogens with zero attached hydrogens (tertiary/aromatic N) is 2. The van der Waals surface area contributed by atoms with Crippen molar-refractivity contribution in [3.8, 4) is 0 Å². The molecule has 7 heterocycles. The maximum atomic E-state index is 16.6. The number of ether oxygens (including phenoxy) is 2. The van der Waals surface area contributed by atoms with Crippen LogP contribution < -0.4 is 5.73 Å². The molecule has 3 spiro atoms. The van der Waals surface area contributed by atoms with Gasteiger partial charge in [-0.2, -0.15) is 0 Å². The Labute approximate surface area is 420 Å². The van der Waals surface area contributed by atoms with Gasteiger partial charge in [0.1, 0.15) is 11.2 Å². The van der Waals surface area contributed by atoms with Crippen LogP contribution in [-0.4, -0.2) is 64.6 Å². The van der Waals surface area contributed by atoms with Gasteiger partial charge in [0.05, 0.1) is 11.0 Å². The molecule has 6 fully saturated rings. The summed E-state index contributed by atoms with van der Waals surface area (Å²) in [5, 5.41) is 14.0. The molecule has 0 radical (unpaired) electrons. The van der Waals surface area contributed by atoms with Crippen LogP contribution in [0.4, 0.5) is 0 Å². The topological polar surface area (TPSA) is 105 Å². The highest BCUT2D eigenvalue weighted by molar-refractivity contribution is 6.00. The number of piperidine rings is 3. The summed E-state index contributed by atoms with van der Waals surface area (Å²) >= 11 is 0. The third-order valence-corrected chi connectivity index (χ3v) is 23.3. The number of esters is 2. The Bertz CT molecular complexity index is 2880. The fourth-order valence-corrected chi connectivity index (χ4v) is 20.9. The van der Waals surface area contributed by atoms with Crippen LogP contribution in [-0.2, 0) is 39.1 Å². The third-order valence-electron chi connectivity index (χ3n) is 23.3. The lowest BCUT2D eigenvalue weighted by atomic mass is 9.28. The molecule has 370 valence electrons. The SMILES string of the molecule is CC1CC2=C3C4C5=C6C=C(Cc7cccc8c7C=CC(CC8)CC7C68C(=O)OC(=C(O)C6CCC9C%10CC(CN9C6CC6CCCCC6)C(CC2)N3C%10)C8(CC5)C72OC(=O)c3c(CCCN)cccc32)C14. The number of allylic oxidation sites excluding steroid dienone is 5. The normalized spacial score (nSPS) is 42.0. The van der Waals surface area contributed by atoms with E-state index in [2.05, 4.69) is 71.3 Å². The average Bonchev–Trinajstić information content (AvgIpc) is 3.79. The molecule has 14 atom stereocenters. The lowest BCUT2D eigenvalue weighted by Crippen LogP contribution is -2.77. The van der Waals surface area contributed by atoms with E-state index in [9.17, 15) is 5.11 Å². The van der Waals surface area contributed by atoms with Gasteiger partial charge >= 0.3 is 11.9 Å². The van der Waals surface area contributed by atoms with E-state index in [0.29, 0.717) is 84.6 Å². The molecule has 0 amide bonds. The van der Waals surface area contributed by atoms with E-state index < -0.39 is 22.3 Å². The van der Waals surface area contributed by atoms with E-state index in [-0.39, 0.29) is 35.7 Å². The van der Waals surface area contributed by atoms with Gasteiger partial charge in [0.25, 0.3) is 0 Å². The fraction of sp³-hybridized carbons (Fsp3) is 0.619. The zero-order valence-corrected chi connectivity index (χ0v) is 41.9. The van der Waals surface area contributed by atoms with E-state index in [1.54, 1.807) is 11.3 Å². The molecule has 11 bridgehead atoms. The Morgan fingerprint density at radius 3 is 2.65 bits per heavy atom. The smallest absolute Gasteiger partial charge is 0.339 e. The van der Waals surface area contributed by atoms with Gasteiger partial charge < -0.3 is 25.2 Å². The molecule has 8 nitrogen and oxygen atoms in total. The van der Waals surface area contributed by atoms with Crippen LogP contribution >= 0.6 is 0 Å². The highest BCUT2D eigenvalue weighted by atomic mass is 16.6. The van der Waals surface area contributed by atoms with Crippen molar-refractivity contribution in [2.45, 2.75) is 159 Å². The standard InChI is InChI=1S/C63H73N3O5/c1-34-26-40-18-21-50-42-30-43-33-66(50)56(40)55-45-23-24-61-58(57(67)46-20-22-49(43)65(32-42)51(46)27-35-8-3-2-4-9-35)70-60(69)62(61)48(45)31-41(53(34)55)29-39-12-5-10-37-17-15-36(16-19-44(37)39)28-52(62)63(61)47-14-6-11-38(13-7-25-64)54(47)59(68)71-63/h5-6,10-12,14,16,19,31,34-36,42-43,46,49-53,55,67H,2-4,7-9,13,15,17-18,20-30,32-33,64H2,1H3. The number of fused-ring (bicyclic) bond motifs is 10. The monoisotopic (exact) mass is 952 g/mol. The summed E-state index contributed by atoms with van der Waals surface area (Å²) in [7, 11) is 0. The first-order chi connectivity index (χ1) is 34.7. The Hall–Kier alpha value is -4.40. The summed E-state index contributed by atoms with van der Waals surface area (Å²) in [6.07, 6.45) is 28.1. The second-order valence-electron chi connectivity index (χ2n) is 25.9. The van der Waals surface area contributed by atoms with Crippen molar-refractivity contribution in [2.24, 2.45) is 69.8 Å². The summed E-state index contributed by atoms with van der Waals surface area (Å²) in [5.41, 5.74) is 16.9. The van der Waals surface area contributed by atoms with Crippen LogP contribution in [0.15, 0.2) is 88.1 Å². The number of aliphatic hydroxyl groups excluding tert-OH is 1.